The summed E-state index contributed by atoms with van der Waals surface area (Å²) in [6.07, 6.45) is 8.21. The Morgan fingerprint density at radius 2 is 2.11 bits per heavy atom. The van der Waals surface area contributed by atoms with Crippen LogP contribution in [0.25, 0.3) is 10.9 Å². The van der Waals surface area contributed by atoms with E-state index < -0.39 is 0 Å². The molecular formula is C22H29N5O. The van der Waals surface area contributed by atoms with Crippen LogP contribution >= 0.6 is 0 Å². The van der Waals surface area contributed by atoms with Crippen molar-refractivity contribution in [3.8, 4) is 0 Å². The summed E-state index contributed by atoms with van der Waals surface area (Å²) < 4.78 is 0. The van der Waals surface area contributed by atoms with Crippen LogP contribution < -0.4 is 0 Å². The van der Waals surface area contributed by atoms with Gasteiger partial charge in [0.15, 0.2) is 0 Å². The number of aryl methyl sites for hydroxylation is 1. The zero-order valence-electron chi connectivity index (χ0n) is 16.6. The van der Waals surface area contributed by atoms with Gasteiger partial charge in [-0.15, -0.1) is 0 Å². The summed E-state index contributed by atoms with van der Waals surface area (Å²) in [4.78, 5) is 28.7. The zero-order chi connectivity index (χ0) is 19.3. The minimum atomic E-state index is 0.123. The molecule has 6 heteroatoms. The summed E-state index contributed by atoms with van der Waals surface area (Å²) >= 11 is 0. The Balaban J connectivity index is 1.37. The van der Waals surface area contributed by atoms with Crippen molar-refractivity contribution < 1.29 is 4.79 Å². The Hall–Kier alpha value is -2.60. The molecule has 0 radical (unpaired) electrons. The van der Waals surface area contributed by atoms with E-state index in [-0.39, 0.29) is 5.91 Å². The van der Waals surface area contributed by atoms with Crippen LogP contribution in [0.15, 0.2) is 36.7 Å². The quantitative estimate of drug-likeness (QED) is 0.688. The molecule has 1 amide bonds. The van der Waals surface area contributed by atoms with Crippen LogP contribution in [0.2, 0.25) is 0 Å². The Kier molecular flexibility index (Phi) is 5.76. The highest BCUT2D eigenvalue weighted by molar-refractivity contribution is 6.05. The monoisotopic (exact) mass is 379 g/mol. The van der Waals surface area contributed by atoms with Gasteiger partial charge in [-0.25, -0.2) is 4.98 Å². The van der Waals surface area contributed by atoms with Gasteiger partial charge in [-0.2, -0.15) is 0 Å². The number of amides is 1. The van der Waals surface area contributed by atoms with E-state index in [1.165, 1.54) is 18.5 Å². The van der Waals surface area contributed by atoms with Crippen molar-refractivity contribution in [3.05, 3.63) is 53.7 Å². The summed E-state index contributed by atoms with van der Waals surface area (Å²) in [6.45, 7) is 6.51. The van der Waals surface area contributed by atoms with Gasteiger partial charge in [0.1, 0.15) is 5.82 Å². The van der Waals surface area contributed by atoms with Crippen LogP contribution in [-0.2, 0) is 13.0 Å². The van der Waals surface area contributed by atoms with Crippen LogP contribution in [0.5, 0.6) is 0 Å². The predicted molar refractivity (Wildman–Crippen MR) is 111 cm³/mol. The fourth-order valence-electron chi connectivity index (χ4n) is 3.96. The Morgan fingerprint density at radius 3 is 3.00 bits per heavy atom. The highest BCUT2D eigenvalue weighted by Gasteiger charge is 2.22. The molecule has 6 nitrogen and oxygen atoms in total. The average Bonchev–Trinajstić information content (AvgIpc) is 3.31. The molecule has 1 aliphatic heterocycles. The molecule has 0 spiro atoms. The lowest BCUT2D eigenvalue weighted by Gasteiger charge is -2.22. The maximum absolute atomic E-state index is 13.1. The third-order valence-corrected chi connectivity index (χ3v) is 5.54. The van der Waals surface area contributed by atoms with Gasteiger partial charge < -0.3 is 14.9 Å². The minimum absolute atomic E-state index is 0.123. The van der Waals surface area contributed by atoms with E-state index in [1.54, 1.807) is 0 Å². The van der Waals surface area contributed by atoms with Crippen molar-refractivity contribution in [2.45, 2.75) is 39.2 Å². The van der Waals surface area contributed by atoms with Gasteiger partial charge in [0.05, 0.1) is 11.1 Å². The second-order valence-electron chi connectivity index (χ2n) is 7.63. The molecule has 0 saturated carbocycles. The molecule has 1 fully saturated rings. The molecule has 2 aromatic heterocycles. The summed E-state index contributed by atoms with van der Waals surface area (Å²) in [6, 6.07) is 7.93. The number of aromatic amines is 2. The Morgan fingerprint density at radius 1 is 1.18 bits per heavy atom. The van der Waals surface area contributed by atoms with E-state index in [2.05, 4.69) is 26.8 Å². The number of hydrogen-bond donors (Lipinski definition) is 2. The van der Waals surface area contributed by atoms with Crippen molar-refractivity contribution in [1.29, 1.82) is 0 Å². The lowest BCUT2D eigenvalue weighted by Crippen LogP contribution is -2.35. The molecule has 0 atom stereocenters. The number of carbonyl (C=O) groups excluding carboxylic acids is 1. The number of rotatable bonds is 6. The lowest BCUT2D eigenvalue weighted by molar-refractivity contribution is 0.0763. The van der Waals surface area contributed by atoms with E-state index in [9.17, 15) is 4.79 Å². The van der Waals surface area contributed by atoms with Crippen molar-refractivity contribution in [1.82, 2.24) is 24.8 Å². The second-order valence-corrected chi connectivity index (χ2v) is 7.63. The maximum Gasteiger partial charge on any atom is 0.256 e. The van der Waals surface area contributed by atoms with Gasteiger partial charge in [-0.3, -0.25) is 9.69 Å². The molecule has 1 aromatic carbocycles. The number of imidazole rings is 1. The van der Waals surface area contributed by atoms with E-state index in [0.717, 1.165) is 67.9 Å². The van der Waals surface area contributed by atoms with Crippen molar-refractivity contribution in [2.24, 2.45) is 0 Å². The normalized spacial score (nSPS) is 15.8. The number of aromatic nitrogens is 3. The molecule has 0 unspecified atom stereocenters. The third kappa shape index (κ3) is 4.12. The van der Waals surface area contributed by atoms with Gasteiger partial charge in [-0.1, -0.05) is 25.5 Å². The highest BCUT2D eigenvalue weighted by atomic mass is 16.2. The topological polar surface area (TPSA) is 68.0 Å². The molecule has 0 bridgehead atoms. The molecule has 28 heavy (non-hydrogen) atoms. The number of nitrogens with one attached hydrogen (secondary N) is 2. The second kappa shape index (κ2) is 8.61. The van der Waals surface area contributed by atoms with Crippen LogP contribution in [0.1, 0.15) is 48.1 Å². The first-order valence-corrected chi connectivity index (χ1v) is 10.3. The first kappa shape index (κ1) is 18.7. The minimum Gasteiger partial charge on any atom is -0.361 e. The lowest BCUT2D eigenvalue weighted by atomic mass is 10.1. The Labute approximate surface area is 165 Å². The van der Waals surface area contributed by atoms with Crippen molar-refractivity contribution >= 4 is 16.8 Å². The standard InChI is InChI=1S/C22H29N5O/c1-2-3-8-20-24-15-18(25-20)16-26-11-5-12-27(14-13-26)22(28)19-7-4-6-17-9-10-23-21(17)19/h4,6-7,9-10,15,23H,2-3,5,8,11-14,16H2,1H3,(H,24,25). The largest absolute Gasteiger partial charge is 0.361 e. The smallest absolute Gasteiger partial charge is 0.256 e. The molecule has 4 rings (SSSR count). The summed E-state index contributed by atoms with van der Waals surface area (Å²) in [5, 5.41) is 1.08. The van der Waals surface area contributed by atoms with Crippen LogP contribution in [-0.4, -0.2) is 56.8 Å². The summed E-state index contributed by atoms with van der Waals surface area (Å²) in [7, 11) is 0. The fourth-order valence-corrected chi connectivity index (χ4v) is 3.96. The molecule has 148 valence electrons. The molecular weight excluding hydrogens is 350 g/mol. The van der Waals surface area contributed by atoms with E-state index >= 15 is 0 Å². The Bertz CT molecular complexity index is 928. The predicted octanol–water partition coefficient (Wildman–Crippen LogP) is 3.58. The molecule has 2 N–H and O–H groups in total. The van der Waals surface area contributed by atoms with Crippen LogP contribution in [0.3, 0.4) is 0 Å². The van der Waals surface area contributed by atoms with Gasteiger partial charge >= 0.3 is 0 Å². The highest BCUT2D eigenvalue weighted by Crippen LogP contribution is 2.19. The number of benzene rings is 1. The number of para-hydroxylation sites is 1. The number of unbranched alkanes of at least 4 members (excludes halogenated alkanes) is 1. The number of H-pyrrole nitrogens is 2. The summed E-state index contributed by atoms with van der Waals surface area (Å²) in [5.41, 5.74) is 2.87. The number of hydrogen-bond acceptors (Lipinski definition) is 3. The number of carbonyl (C=O) groups is 1. The van der Waals surface area contributed by atoms with Crippen LogP contribution in [0.4, 0.5) is 0 Å². The van der Waals surface area contributed by atoms with E-state index in [1.807, 2.05) is 41.6 Å². The molecule has 3 heterocycles. The molecule has 0 aliphatic carbocycles. The first-order valence-electron chi connectivity index (χ1n) is 10.3. The van der Waals surface area contributed by atoms with Crippen molar-refractivity contribution in [3.63, 3.8) is 0 Å². The van der Waals surface area contributed by atoms with E-state index in [4.69, 9.17) is 0 Å². The zero-order valence-corrected chi connectivity index (χ0v) is 16.6. The van der Waals surface area contributed by atoms with Crippen LogP contribution in [0, 0.1) is 0 Å². The third-order valence-electron chi connectivity index (χ3n) is 5.54. The first-order chi connectivity index (χ1) is 13.7. The average molecular weight is 380 g/mol. The van der Waals surface area contributed by atoms with Gasteiger partial charge in [0, 0.05) is 62.6 Å². The van der Waals surface area contributed by atoms with Crippen molar-refractivity contribution in [2.75, 3.05) is 26.2 Å². The number of fused-ring (bicyclic) bond motifs is 1. The summed E-state index contributed by atoms with van der Waals surface area (Å²) in [5.74, 6) is 1.21. The molecule has 1 aliphatic rings. The van der Waals surface area contributed by atoms with Gasteiger partial charge in [0.25, 0.3) is 5.91 Å². The van der Waals surface area contributed by atoms with Gasteiger partial charge in [0.2, 0.25) is 0 Å². The SMILES string of the molecule is CCCCc1ncc(CN2CCCN(C(=O)c3cccc4cc[nH]c34)CC2)[nH]1. The fraction of sp³-hybridized carbons (Fsp3) is 0.455. The molecule has 3 aromatic rings. The van der Waals surface area contributed by atoms with Gasteiger partial charge in [-0.05, 0) is 25.0 Å². The number of nitrogens with zero attached hydrogens (tertiary/aromatic N) is 3. The maximum atomic E-state index is 13.1. The molecule has 1 saturated heterocycles. The van der Waals surface area contributed by atoms with E-state index in [0.29, 0.717) is 0 Å².